The SMILES string of the molecule is Cc1cc(C)nc(NS(=O)(=O)c2ccc(NC(=O)NC(=O)c3ccc(Cl)cc3Cl)cc2)c1. The summed E-state index contributed by atoms with van der Waals surface area (Å²) >= 11 is 11.8. The van der Waals surface area contributed by atoms with Gasteiger partial charge in [0, 0.05) is 16.4 Å². The molecule has 3 N–H and O–H groups in total. The third kappa shape index (κ3) is 5.97. The minimum atomic E-state index is -3.88. The lowest BCUT2D eigenvalue weighted by Gasteiger charge is -2.10. The van der Waals surface area contributed by atoms with Gasteiger partial charge in [0.25, 0.3) is 15.9 Å². The number of benzene rings is 2. The molecule has 0 spiro atoms. The first-order chi connectivity index (χ1) is 15.0. The number of aromatic nitrogens is 1. The Hall–Kier alpha value is -3.14. The van der Waals surface area contributed by atoms with Gasteiger partial charge in [0.05, 0.1) is 15.5 Å². The summed E-state index contributed by atoms with van der Waals surface area (Å²) in [4.78, 5) is 28.4. The Morgan fingerprint density at radius 3 is 2.25 bits per heavy atom. The number of sulfonamides is 1. The summed E-state index contributed by atoms with van der Waals surface area (Å²) in [7, 11) is -3.88. The van der Waals surface area contributed by atoms with E-state index in [1.54, 1.807) is 13.0 Å². The number of nitrogens with zero attached hydrogens (tertiary/aromatic N) is 1. The van der Waals surface area contributed by atoms with E-state index in [2.05, 4.69) is 20.3 Å². The standard InChI is InChI=1S/C21H18Cl2N4O4S/c1-12-9-13(2)24-19(10-12)27-32(30,31)16-6-4-15(5-7-16)25-21(29)26-20(28)17-8-3-14(22)11-18(17)23/h3-11H,1-2H3,(H,24,27)(H2,25,26,28,29). The number of anilines is 2. The second-order valence-electron chi connectivity index (χ2n) is 6.83. The molecule has 0 bridgehead atoms. The van der Waals surface area contributed by atoms with Crippen LogP contribution in [0.1, 0.15) is 21.6 Å². The van der Waals surface area contributed by atoms with Gasteiger partial charge in [-0.1, -0.05) is 23.2 Å². The zero-order chi connectivity index (χ0) is 23.5. The number of amides is 3. The van der Waals surface area contributed by atoms with Crippen LogP contribution in [0.5, 0.6) is 0 Å². The molecule has 11 heteroatoms. The van der Waals surface area contributed by atoms with Crippen LogP contribution in [-0.2, 0) is 10.0 Å². The van der Waals surface area contributed by atoms with Crippen molar-refractivity contribution in [2.24, 2.45) is 0 Å². The second-order valence-corrected chi connectivity index (χ2v) is 9.36. The predicted molar refractivity (Wildman–Crippen MR) is 124 cm³/mol. The molecule has 2 aromatic carbocycles. The number of nitrogens with one attached hydrogen (secondary N) is 3. The van der Waals surface area contributed by atoms with E-state index in [0.29, 0.717) is 10.7 Å². The summed E-state index contributed by atoms with van der Waals surface area (Å²) in [5, 5.41) is 5.04. The molecule has 32 heavy (non-hydrogen) atoms. The van der Waals surface area contributed by atoms with Crippen LogP contribution < -0.4 is 15.4 Å². The van der Waals surface area contributed by atoms with Crippen LogP contribution in [0.3, 0.4) is 0 Å². The average Bonchev–Trinajstić information content (AvgIpc) is 2.67. The van der Waals surface area contributed by atoms with Gasteiger partial charge in [0.1, 0.15) is 5.82 Å². The van der Waals surface area contributed by atoms with Crippen molar-refractivity contribution in [1.82, 2.24) is 10.3 Å². The summed E-state index contributed by atoms with van der Waals surface area (Å²) in [5.74, 6) is -0.503. The summed E-state index contributed by atoms with van der Waals surface area (Å²) < 4.78 is 27.6. The normalized spacial score (nSPS) is 11.0. The van der Waals surface area contributed by atoms with Crippen molar-refractivity contribution in [2.45, 2.75) is 18.7 Å². The first kappa shape index (κ1) is 23.5. The summed E-state index contributed by atoms with van der Waals surface area (Å²) in [6, 6.07) is 12.3. The Bertz CT molecular complexity index is 1280. The Morgan fingerprint density at radius 1 is 0.938 bits per heavy atom. The van der Waals surface area contributed by atoms with E-state index in [1.165, 1.54) is 42.5 Å². The van der Waals surface area contributed by atoms with Crippen molar-refractivity contribution in [2.75, 3.05) is 10.0 Å². The average molecular weight is 493 g/mol. The number of rotatable bonds is 5. The molecular formula is C21H18Cl2N4O4S. The molecular weight excluding hydrogens is 475 g/mol. The predicted octanol–water partition coefficient (Wildman–Crippen LogP) is 4.77. The molecule has 0 atom stereocenters. The fourth-order valence-corrected chi connectivity index (χ4v) is 4.30. The molecule has 166 valence electrons. The number of carbonyl (C=O) groups is 2. The molecule has 0 unspecified atom stereocenters. The lowest BCUT2D eigenvalue weighted by atomic mass is 10.2. The fourth-order valence-electron chi connectivity index (χ4n) is 2.81. The van der Waals surface area contributed by atoms with Crippen LogP contribution in [0.2, 0.25) is 10.0 Å². The van der Waals surface area contributed by atoms with Gasteiger partial charge in [-0.2, -0.15) is 0 Å². The highest BCUT2D eigenvalue weighted by atomic mass is 35.5. The lowest BCUT2D eigenvalue weighted by Crippen LogP contribution is -2.34. The molecule has 3 rings (SSSR count). The highest BCUT2D eigenvalue weighted by Crippen LogP contribution is 2.21. The van der Waals surface area contributed by atoms with Crippen LogP contribution in [0.15, 0.2) is 59.5 Å². The minimum absolute atomic E-state index is 0.0200. The topological polar surface area (TPSA) is 117 Å². The number of halogens is 2. The maximum Gasteiger partial charge on any atom is 0.326 e. The Balaban J connectivity index is 1.65. The van der Waals surface area contributed by atoms with Gasteiger partial charge in [-0.15, -0.1) is 0 Å². The third-order valence-electron chi connectivity index (χ3n) is 4.16. The zero-order valence-electron chi connectivity index (χ0n) is 16.9. The van der Waals surface area contributed by atoms with Crippen molar-refractivity contribution < 1.29 is 18.0 Å². The summed E-state index contributed by atoms with van der Waals surface area (Å²) in [6.07, 6.45) is 0. The van der Waals surface area contributed by atoms with Crippen LogP contribution in [0.25, 0.3) is 0 Å². The van der Waals surface area contributed by atoms with Crippen LogP contribution in [0.4, 0.5) is 16.3 Å². The lowest BCUT2D eigenvalue weighted by molar-refractivity contribution is 0.0967. The number of urea groups is 1. The molecule has 0 saturated heterocycles. The highest BCUT2D eigenvalue weighted by molar-refractivity contribution is 7.92. The number of hydrogen-bond donors (Lipinski definition) is 3. The summed E-state index contributed by atoms with van der Waals surface area (Å²) in [6.45, 7) is 3.60. The van der Waals surface area contributed by atoms with Crippen LogP contribution >= 0.6 is 23.2 Å². The molecule has 3 aromatic rings. The van der Waals surface area contributed by atoms with E-state index in [-0.39, 0.29) is 27.0 Å². The van der Waals surface area contributed by atoms with Crippen LogP contribution in [0, 0.1) is 13.8 Å². The van der Waals surface area contributed by atoms with Gasteiger partial charge in [-0.25, -0.2) is 18.2 Å². The maximum atomic E-state index is 12.6. The Kier molecular flexibility index (Phi) is 7.02. The van der Waals surface area contributed by atoms with Crippen molar-refractivity contribution in [1.29, 1.82) is 0 Å². The molecule has 0 aliphatic carbocycles. The molecule has 0 aliphatic heterocycles. The molecule has 1 heterocycles. The fraction of sp³-hybridized carbons (Fsp3) is 0.0952. The molecule has 0 aliphatic rings. The van der Waals surface area contributed by atoms with E-state index >= 15 is 0 Å². The number of hydrogen-bond acceptors (Lipinski definition) is 5. The number of aryl methyl sites for hydroxylation is 2. The molecule has 0 fully saturated rings. The minimum Gasteiger partial charge on any atom is -0.308 e. The van der Waals surface area contributed by atoms with E-state index < -0.39 is 22.0 Å². The third-order valence-corrected chi connectivity index (χ3v) is 6.08. The van der Waals surface area contributed by atoms with Gasteiger partial charge in [0.15, 0.2) is 0 Å². The number of carbonyl (C=O) groups excluding carboxylic acids is 2. The van der Waals surface area contributed by atoms with Crippen LogP contribution in [-0.4, -0.2) is 25.3 Å². The van der Waals surface area contributed by atoms with Gasteiger partial charge >= 0.3 is 6.03 Å². The molecule has 3 amide bonds. The monoisotopic (exact) mass is 492 g/mol. The molecule has 0 saturated carbocycles. The smallest absolute Gasteiger partial charge is 0.308 e. The van der Waals surface area contributed by atoms with Crippen molar-refractivity contribution in [3.05, 3.63) is 81.5 Å². The first-order valence-corrected chi connectivity index (χ1v) is 11.4. The molecule has 8 nitrogen and oxygen atoms in total. The van der Waals surface area contributed by atoms with E-state index in [0.717, 1.165) is 5.56 Å². The maximum absolute atomic E-state index is 12.6. The Morgan fingerprint density at radius 2 is 1.62 bits per heavy atom. The van der Waals surface area contributed by atoms with Gasteiger partial charge in [0.2, 0.25) is 0 Å². The largest absolute Gasteiger partial charge is 0.326 e. The van der Waals surface area contributed by atoms with Gasteiger partial charge in [-0.3, -0.25) is 14.8 Å². The summed E-state index contributed by atoms with van der Waals surface area (Å²) in [5.41, 5.74) is 1.91. The van der Waals surface area contributed by atoms with E-state index in [1.807, 2.05) is 13.0 Å². The van der Waals surface area contributed by atoms with Gasteiger partial charge in [-0.05, 0) is 74.0 Å². The number of pyridine rings is 1. The Labute approximate surface area is 195 Å². The van der Waals surface area contributed by atoms with Crippen molar-refractivity contribution >= 4 is 56.7 Å². The molecule has 1 aromatic heterocycles. The second kappa shape index (κ2) is 9.56. The van der Waals surface area contributed by atoms with Crippen molar-refractivity contribution in [3.63, 3.8) is 0 Å². The zero-order valence-corrected chi connectivity index (χ0v) is 19.3. The van der Waals surface area contributed by atoms with Crippen molar-refractivity contribution in [3.8, 4) is 0 Å². The quantitative estimate of drug-likeness (QED) is 0.474. The highest BCUT2D eigenvalue weighted by Gasteiger charge is 2.17. The number of imide groups is 1. The first-order valence-electron chi connectivity index (χ1n) is 9.19. The molecule has 0 radical (unpaired) electrons. The van der Waals surface area contributed by atoms with E-state index in [4.69, 9.17) is 23.2 Å². The van der Waals surface area contributed by atoms with Gasteiger partial charge < -0.3 is 5.32 Å². The van der Waals surface area contributed by atoms with E-state index in [9.17, 15) is 18.0 Å².